The molecule has 0 aliphatic carbocycles. The summed E-state index contributed by atoms with van der Waals surface area (Å²) < 4.78 is 33.4. The number of para-hydroxylation sites is 1. The average molecular weight is 356 g/mol. The molecule has 2 aromatic carbocycles. The Morgan fingerprint density at radius 1 is 1.08 bits per heavy atom. The van der Waals surface area contributed by atoms with Crippen molar-refractivity contribution in [3.05, 3.63) is 48.0 Å². The van der Waals surface area contributed by atoms with Crippen LogP contribution < -0.4 is 4.74 Å². The van der Waals surface area contributed by atoms with Gasteiger partial charge in [-0.1, -0.05) is 30.3 Å². The number of fused-ring (bicyclic) bond motifs is 5. The molecule has 6 heteroatoms. The van der Waals surface area contributed by atoms with E-state index in [9.17, 15) is 8.42 Å². The van der Waals surface area contributed by atoms with Gasteiger partial charge in [0.25, 0.3) is 10.0 Å². The van der Waals surface area contributed by atoms with Crippen molar-refractivity contribution in [1.82, 2.24) is 8.87 Å². The van der Waals surface area contributed by atoms with Crippen molar-refractivity contribution >= 4 is 20.9 Å². The smallest absolute Gasteiger partial charge is 0.273 e. The molecule has 0 radical (unpaired) electrons. The minimum Gasteiger partial charge on any atom is -0.495 e. The van der Waals surface area contributed by atoms with E-state index in [-0.39, 0.29) is 4.90 Å². The third-order valence-electron chi connectivity index (χ3n) is 4.70. The summed E-state index contributed by atoms with van der Waals surface area (Å²) in [5.74, 6) is 0.392. The first-order chi connectivity index (χ1) is 12.0. The van der Waals surface area contributed by atoms with Crippen LogP contribution in [0.3, 0.4) is 0 Å². The molecule has 0 atom stereocenters. The lowest BCUT2D eigenvalue weighted by molar-refractivity contribution is 0.403. The Morgan fingerprint density at radius 3 is 2.56 bits per heavy atom. The lowest BCUT2D eigenvalue weighted by Gasteiger charge is -2.10. The van der Waals surface area contributed by atoms with Gasteiger partial charge >= 0.3 is 0 Å². The number of hydrogen-bond donors (Lipinski definition) is 0. The SMILES string of the molecule is COc1cccc2c1S(=O)(=O)n1c-2c(CCN(C)C)c2ccccc21. The first-order valence-corrected chi connectivity index (χ1v) is 9.61. The zero-order valence-electron chi connectivity index (χ0n) is 14.5. The number of nitrogens with zero attached hydrogens (tertiary/aromatic N) is 2. The molecule has 25 heavy (non-hydrogen) atoms. The van der Waals surface area contributed by atoms with Crippen LogP contribution in [0, 0.1) is 0 Å². The van der Waals surface area contributed by atoms with E-state index in [1.54, 1.807) is 6.07 Å². The van der Waals surface area contributed by atoms with Gasteiger partial charge in [0.15, 0.2) is 0 Å². The number of likely N-dealkylation sites (N-methyl/N-ethyl adjacent to an activating group) is 1. The van der Waals surface area contributed by atoms with E-state index in [2.05, 4.69) is 4.90 Å². The molecule has 0 spiro atoms. The molecule has 0 fully saturated rings. The van der Waals surface area contributed by atoms with Crippen LogP contribution in [-0.2, 0) is 16.4 Å². The average Bonchev–Trinajstić information content (AvgIpc) is 3.05. The third-order valence-corrected chi connectivity index (χ3v) is 6.50. The zero-order valence-corrected chi connectivity index (χ0v) is 15.3. The molecule has 1 aliphatic heterocycles. The van der Waals surface area contributed by atoms with Crippen molar-refractivity contribution in [3.63, 3.8) is 0 Å². The maximum absolute atomic E-state index is 13.3. The van der Waals surface area contributed by atoms with Gasteiger partial charge in [-0.25, -0.2) is 12.4 Å². The Hall–Kier alpha value is -2.31. The topological polar surface area (TPSA) is 51.5 Å². The van der Waals surface area contributed by atoms with Gasteiger partial charge in [-0.15, -0.1) is 0 Å². The Morgan fingerprint density at radius 2 is 1.84 bits per heavy atom. The highest BCUT2D eigenvalue weighted by Crippen LogP contribution is 2.48. The lowest BCUT2D eigenvalue weighted by Crippen LogP contribution is -2.15. The van der Waals surface area contributed by atoms with Crippen LogP contribution in [0.2, 0.25) is 0 Å². The standard InChI is InChI=1S/C19H20N2O3S/c1-20(2)12-11-14-13-7-4-5-9-16(13)21-18(14)15-8-6-10-17(24-3)19(15)25(21,22)23/h4-10H,11-12H2,1-3H3. The quantitative estimate of drug-likeness (QED) is 0.564. The van der Waals surface area contributed by atoms with Crippen molar-refractivity contribution in [2.75, 3.05) is 27.7 Å². The van der Waals surface area contributed by atoms with Crippen LogP contribution in [0.1, 0.15) is 5.56 Å². The van der Waals surface area contributed by atoms with E-state index in [1.165, 1.54) is 11.1 Å². The molecule has 1 aliphatic rings. The molecule has 0 unspecified atom stereocenters. The number of aromatic nitrogens is 1. The van der Waals surface area contributed by atoms with E-state index in [1.807, 2.05) is 50.5 Å². The normalized spacial score (nSPS) is 14.7. The largest absolute Gasteiger partial charge is 0.495 e. The molecule has 0 N–H and O–H groups in total. The summed E-state index contributed by atoms with van der Waals surface area (Å²) in [5.41, 5.74) is 3.30. The minimum atomic E-state index is -3.67. The second kappa shape index (κ2) is 5.61. The molecular formula is C19H20N2O3S. The van der Waals surface area contributed by atoms with E-state index in [0.717, 1.165) is 40.7 Å². The van der Waals surface area contributed by atoms with Crippen LogP contribution in [0.4, 0.5) is 0 Å². The highest BCUT2D eigenvalue weighted by atomic mass is 32.2. The molecule has 0 amide bonds. The highest BCUT2D eigenvalue weighted by Gasteiger charge is 2.39. The Labute approximate surface area is 147 Å². The summed E-state index contributed by atoms with van der Waals surface area (Å²) in [5, 5.41) is 0.997. The molecule has 130 valence electrons. The van der Waals surface area contributed by atoms with Gasteiger partial charge in [0.2, 0.25) is 0 Å². The Balaban J connectivity index is 2.10. The highest BCUT2D eigenvalue weighted by molar-refractivity contribution is 7.90. The summed E-state index contributed by atoms with van der Waals surface area (Å²) >= 11 is 0. The van der Waals surface area contributed by atoms with Gasteiger partial charge in [0, 0.05) is 17.5 Å². The number of rotatable bonds is 4. The summed E-state index contributed by atoms with van der Waals surface area (Å²) in [4.78, 5) is 2.37. The van der Waals surface area contributed by atoms with Crippen molar-refractivity contribution < 1.29 is 13.2 Å². The summed E-state index contributed by atoms with van der Waals surface area (Å²) in [7, 11) is 1.87. The minimum absolute atomic E-state index is 0.268. The number of hydrogen-bond acceptors (Lipinski definition) is 4. The summed E-state index contributed by atoms with van der Waals surface area (Å²) in [6, 6.07) is 13.1. The second-order valence-electron chi connectivity index (χ2n) is 6.50. The van der Waals surface area contributed by atoms with Crippen molar-refractivity contribution in [1.29, 1.82) is 0 Å². The van der Waals surface area contributed by atoms with Gasteiger partial charge in [-0.3, -0.25) is 0 Å². The molecule has 0 saturated heterocycles. The number of ether oxygens (including phenoxy) is 1. The molecule has 4 rings (SSSR count). The van der Waals surface area contributed by atoms with Gasteiger partial charge < -0.3 is 9.64 Å². The monoisotopic (exact) mass is 356 g/mol. The molecule has 5 nitrogen and oxygen atoms in total. The van der Waals surface area contributed by atoms with Crippen LogP contribution in [0.25, 0.3) is 22.2 Å². The third kappa shape index (κ3) is 2.21. The predicted molar refractivity (Wildman–Crippen MR) is 98.8 cm³/mol. The maximum Gasteiger partial charge on any atom is 0.273 e. The summed E-state index contributed by atoms with van der Waals surface area (Å²) in [6.07, 6.45) is 0.780. The van der Waals surface area contributed by atoms with Crippen molar-refractivity contribution in [2.24, 2.45) is 0 Å². The molecular weight excluding hydrogens is 336 g/mol. The Bertz CT molecular complexity index is 1080. The Kier molecular flexibility index (Phi) is 3.63. The van der Waals surface area contributed by atoms with E-state index >= 15 is 0 Å². The maximum atomic E-state index is 13.3. The van der Waals surface area contributed by atoms with E-state index in [0.29, 0.717) is 5.75 Å². The zero-order chi connectivity index (χ0) is 17.8. The van der Waals surface area contributed by atoms with Crippen LogP contribution in [-0.4, -0.2) is 45.0 Å². The molecule has 1 aromatic heterocycles. The first kappa shape index (κ1) is 16.2. The van der Waals surface area contributed by atoms with Crippen LogP contribution in [0.5, 0.6) is 5.75 Å². The van der Waals surface area contributed by atoms with Gasteiger partial charge in [-0.2, -0.15) is 0 Å². The van der Waals surface area contributed by atoms with Gasteiger partial charge in [0.1, 0.15) is 10.6 Å². The van der Waals surface area contributed by atoms with Crippen molar-refractivity contribution in [3.8, 4) is 17.0 Å². The van der Waals surface area contributed by atoms with Gasteiger partial charge in [0.05, 0.1) is 18.3 Å². The molecule has 0 saturated carbocycles. The van der Waals surface area contributed by atoms with Crippen LogP contribution >= 0.6 is 0 Å². The fraction of sp³-hybridized carbons (Fsp3) is 0.263. The van der Waals surface area contributed by atoms with Gasteiger partial charge in [-0.05, 0) is 38.2 Å². The fourth-order valence-electron chi connectivity index (χ4n) is 3.61. The molecule has 0 bridgehead atoms. The van der Waals surface area contributed by atoms with E-state index < -0.39 is 10.0 Å². The van der Waals surface area contributed by atoms with E-state index in [4.69, 9.17) is 4.74 Å². The fourth-order valence-corrected chi connectivity index (χ4v) is 5.50. The van der Waals surface area contributed by atoms with Crippen molar-refractivity contribution in [2.45, 2.75) is 11.3 Å². The lowest BCUT2D eigenvalue weighted by atomic mass is 10.0. The van der Waals surface area contributed by atoms with Crippen LogP contribution in [0.15, 0.2) is 47.4 Å². The second-order valence-corrected chi connectivity index (χ2v) is 8.23. The molecule has 2 heterocycles. The number of methoxy groups -OCH3 is 1. The summed E-state index contributed by atoms with van der Waals surface area (Å²) in [6.45, 7) is 0.848. The first-order valence-electron chi connectivity index (χ1n) is 8.17. The predicted octanol–water partition coefficient (Wildman–Crippen LogP) is 2.97. The number of benzene rings is 2. The molecule has 3 aromatic rings.